The Morgan fingerprint density at radius 3 is 1.27 bits per heavy atom. The van der Waals surface area contributed by atoms with E-state index in [2.05, 4.69) is 0 Å². The number of aliphatic hydroxyl groups is 1. The van der Waals surface area contributed by atoms with E-state index in [0.717, 1.165) is 48.5 Å². The van der Waals surface area contributed by atoms with Gasteiger partial charge in [0.25, 0.3) is 0 Å². The number of aliphatic hydroxyl groups excluding tert-OH is 1. The number of hydrogen-bond acceptors (Lipinski definition) is 18. The summed E-state index contributed by atoms with van der Waals surface area (Å²) in [5.41, 5.74) is 0. The van der Waals surface area contributed by atoms with E-state index in [-0.39, 0.29) is 0 Å². The Balaban J connectivity index is 2.48. The summed E-state index contributed by atoms with van der Waals surface area (Å²) in [6.07, 6.45) is -15.6. The van der Waals surface area contributed by atoms with Crippen LogP contribution in [0, 0.1) is 0 Å². The van der Waals surface area contributed by atoms with Crippen molar-refractivity contribution in [3.8, 4) is 0 Å². The van der Waals surface area contributed by atoms with Gasteiger partial charge in [0.05, 0.1) is 6.61 Å². The van der Waals surface area contributed by atoms with Crippen molar-refractivity contribution in [1.82, 2.24) is 0 Å². The summed E-state index contributed by atoms with van der Waals surface area (Å²) in [5.74, 6) is -5.94. The molecule has 0 unspecified atom stereocenters. The van der Waals surface area contributed by atoms with Gasteiger partial charge in [0.2, 0.25) is 0 Å². The van der Waals surface area contributed by atoms with Gasteiger partial charge in [0.1, 0.15) is 18.8 Å². The Labute approximate surface area is 251 Å². The average molecular weight is 637 g/mol. The van der Waals surface area contributed by atoms with Gasteiger partial charge in [0, 0.05) is 48.5 Å². The normalized spacial score (nSPS) is 31.5. The van der Waals surface area contributed by atoms with E-state index in [4.69, 9.17) is 47.4 Å². The number of carbonyl (C=O) groups is 7. The van der Waals surface area contributed by atoms with Gasteiger partial charge in [-0.05, 0) is 0 Å². The van der Waals surface area contributed by atoms with Crippen molar-refractivity contribution >= 4 is 41.8 Å². The molecule has 2 fully saturated rings. The van der Waals surface area contributed by atoms with E-state index in [1.807, 2.05) is 0 Å². The molecule has 0 spiro atoms. The van der Waals surface area contributed by atoms with Gasteiger partial charge in [-0.1, -0.05) is 0 Å². The second kappa shape index (κ2) is 16.3. The summed E-state index contributed by atoms with van der Waals surface area (Å²) in [5, 5.41) is 10.6. The molecule has 10 atom stereocenters. The van der Waals surface area contributed by atoms with E-state index in [9.17, 15) is 38.7 Å². The van der Waals surface area contributed by atoms with Crippen LogP contribution in [0.2, 0.25) is 0 Å². The molecule has 0 radical (unpaired) electrons. The van der Waals surface area contributed by atoms with E-state index >= 15 is 0 Å². The first kappa shape index (κ1) is 36.3. The fourth-order valence-corrected chi connectivity index (χ4v) is 4.52. The zero-order valence-corrected chi connectivity index (χ0v) is 25.1. The van der Waals surface area contributed by atoms with Crippen molar-refractivity contribution in [2.75, 3.05) is 13.2 Å². The Bertz CT molecular complexity index is 1090. The Morgan fingerprint density at radius 2 is 0.841 bits per heavy atom. The summed E-state index contributed by atoms with van der Waals surface area (Å²) < 4.78 is 53.7. The maximum Gasteiger partial charge on any atom is 0.303 e. The van der Waals surface area contributed by atoms with Crippen LogP contribution in [0.15, 0.2) is 0 Å². The van der Waals surface area contributed by atoms with Gasteiger partial charge in [-0.25, -0.2) is 0 Å². The van der Waals surface area contributed by atoms with Gasteiger partial charge < -0.3 is 52.5 Å². The minimum Gasteiger partial charge on any atom is -0.463 e. The zero-order chi connectivity index (χ0) is 33.3. The van der Waals surface area contributed by atoms with Crippen LogP contribution in [0.1, 0.15) is 48.5 Å². The predicted octanol–water partition coefficient (Wildman–Crippen LogP) is -1.40. The Hall–Kier alpha value is -3.87. The summed E-state index contributed by atoms with van der Waals surface area (Å²) in [7, 11) is 0. The van der Waals surface area contributed by atoms with E-state index in [1.54, 1.807) is 0 Å². The molecular weight excluding hydrogens is 600 g/mol. The molecule has 1 N–H and O–H groups in total. The molecule has 0 aromatic heterocycles. The summed E-state index contributed by atoms with van der Waals surface area (Å²) in [4.78, 5) is 83.0. The monoisotopic (exact) mass is 636 g/mol. The van der Waals surface area contributed by atoms with E-state index in [1.165, 1.54) is 0 Å². The maximum absolute atomic E-state index is 12.1. The average Bonchev–Trinajstić information content (AvgIpc) is 2.87. The third-order valence-corrected chi connectivity index (χ3v) is 5.89. The minimum absolute atomic E-state index is 0.523. The first-order valence-corrected chi connectivity index (χ1v) is 13.3. The lowest BCUT2D eigenvalue weighted by molar-refractivity contribution is -0.330. The van der Waals surface area contributed by atoms with Crippen LogP contribution in [0.3, 0.4) is 0 Å². The molecule has 0 aromatic carbocycles. The molecule has 0 aromatic rings. The lowest BCUT2D eigenvalue weighted by atomic mass is 9.97. The molecule has 18 heteroatoms. The molecule has 2 aliphatic rings. The lowest BCUT2D eigenvalue weighted by Crippen LogP contribution is -2.64. The number of carbonyl (C=O) groups excluding carboxylic acids is 7. The van der Waals surface area contributed by atoms with Gasteiger partial charge in [-0.3, -0.25) is 33.6 Å². The Morgan fingerprint density at radius 1 is 0.477 bits per heavy atom. The lowest BCUT2D eigenvalue weighted by Gasteiger charge is -2.45. The van der Waals surface area contributed by atoms with Crippen LogP contribution in [0.25, 0.3) is 0 Å². The molecule has 248 valence electrons. The topological polar surface area (TPSA) is 232 Å². The fourth-order valence-electron chi connectivity index (χ4n) is 4.52. The number of esters is 7. The van der Waals surface area contributed by atoms with Crippen molar-refractivity contribution in [2.45, 2.75) is 110 Å². The van der Waals surface area contributed by atoms with Crippen LogP contribution in [-0.2, 0) is 80.9 Å². The second-order valence-corrected chi connectivity index (χ2v) is 9.69. The third kappa shape index (κ3) is 10.7. The molecule has 18 nitrogen and oxygen atoms in total. The standard InChI is InChI=1S/C26H36O18/c1-10(27)35-8-18-20(38-12(3)29)22(40-14(5)31)24(42-16(7)33)26(44-18)36-9-17-19(37-11(2)28)21(39-13(4)30)23(25(34)43-17)41-15(6)32/h17-26,34H,8-9H2,1-7H3/t17-,18+,19-,20-,21-,22-,23-,24-,25-,26-/m1/s1. The molecule has 2 aliphatic heterocycles. The van der Waals surface area contributed by atoms with Crippen molar-refractivity contribution in [3.05, 3.63) is 0 Å². The summed E-state index contributed by atoms with van der Waals surface area (Å²) in [6.45, 7) is 6.15. The second-order valence-electron chi connectivity index (χ2n) is 9.69. The zero-order valence-electron chi connectivity index (χ0n) is 25.1. The predicted molar refractivity (Wildman–Crippen MR) is 135 cm³/mol. The summed E-state index contributed by atoms with van der Waals surface area (Å²) >= 11 is 0. The highest BCUT2D eigenvalue weighted by Gasteiger charge is 2.55. The van der Waals surface area contributed by atoms with Gasteiger partial charge >= 0.3 is 41.8 Å². The highest BCUT2D eigenvalue weighted by Crippen LogP contribution is 2.32. The third-order valence-electron chi connectivity index (χ3n) is 5.89. The van der Waals surface area contributed by atoms with Crippen LogP contribution >= 0.6 is 0 Å². The molecule has 2 rings (SSSR count). The van der Waals surface area contributed by atoms with Crippen LogP contribution < -0.4 is 0 Å². The van der Waals surface area contributed by atoms with Crippen molar-refractivity contribution in [3.63, 3.8) is 0 Å². The first-order chi connectivity index (χ1) is 20.5. The maximum atomic E-state index is 12.1. The molecular formula is C26H36O18. The first-order valence-electron chi connectivity index (χ1n) is 13.3. The molecule has 44 heavy (non-hydrogen) atoms. The Kier molecular flexibility index (Phi) is 13.4. The molecule has 0 aliphatic carbocycles. The largest absolute Gasteiger partial charge is 0.463 e. The number of rotatable bonds is 11. The minimum atomic E-state index is -1.90. The molecule has 0 bridgehead atoms. The van der Waals surface area contributed by atoms with Gasteiger partial charge in [0.15, 0.2) is 49.2 Å². The smallest absolute Gasteiger partial charge is 0.303 e. The highest BCUT2D eigenvalue weighted by molar-refractivity contribution is 5.69. The highest BCUT2D eigenvalue weighted by atomic mass is 16.7. The van der Waals surface area contributed by atoms with E-state index in [0.29, 0.717) is 0 Å². The molecule has 0 amide bonds. The summed E-state index contributed by atoms with van der Waals surface area (Å²) in [6, 6.07) is 0. The van der Waals surface area contributed by atoms with Crippen molar-refractivity contribution in [2.24, 2.45) is 0 Å². The van der Waals surface area contributed by atoms with Gasteiger partial charge in [-0.15, -0.1) is 0 Å². The molecule has 2 heterocycles. The SMILES string of the molecule is CC(=O)OC[C@@H]1O[C@@H](OC[C@H]2O[C@@H](O)[C@H](OC(C)=O)[C@H](OC(C)=O)[C@@H]2OC(C)=O)[C@H](OC(C)=O)[C@H](OC(C)=O)[C@@H]1OC(C)=O. The molecule has 0 saturated carbocycles. The fraction of sp³-hybridized carbons (Fsp3) is 0.731. The van der Waals surface area contributed by atoms with E-state index < -0.39 is 116 Å². The van der Waals surface area contributed by atoms with Crippen molar-refractivity contribution < 1.29 is 86.0 Å². The number of hydrogen-bond donors (Lipinski definition) is 1. The van der Waals surface area contributed by atoms with Crippen molar-refractivity contribution in [1.29, 1.82) is 0 Å². The van der Waals surface area contributed by atoms with Crippen LogP contribution in [-0.4, -0.2) is 122 Å². The van der Waals surface area contributed by atoms with Crippen LogP contribution in [0.5, 0.6) is 0 Å². The molecule has 2 saturated heterocycles. The number of ether oxygens (including phenoxy) is 10. The quantitative estimate of drug-likeness (QED) is 0.203. The van der Waals surface area contributed by atoms with Crippen LogP contribution in [0.4, 0.5) is 0 Å². The van der Waals surface area contributed by atoms with Gasteiger partial charge in [-0.2, -0.15) is 0 Å².